The van der Waals surface area contributed by atoms with Gasteiger partial charge >= 0.3 is 5.97 Å². The standard InChI is InChI=1S/C25H22IN3O6/c1-33-21-12-9-17(13-22(21)34-2)25(32)35-18-10-7-16(8-11-18)14-28-29-23(30)15-27-24(31)19-5-3-4-6-20(19)26/h3-14H,15H2,1-2H3,(H,27,31)(H,29,30). The fourth-order valence-corrected chi connectivity index (χ4v) is 3.50. The number of hydrogen-bond donors (Lipinski definition) is 2. The van der Waals surface area contributed by atoms with Crippen molar-refractivity contribution >= 4 is 46.6 Å². The molecule has 0 unspecified atom stereocenters. The maximum absolute atomic E-state index is 12.4. The Morgan fingerprint density at radius 3 is 2.34 bits per heavy atom. The van der Waals surface area contributed by atoms with E-state index in [1.807, 2.05) is 12.1 Å². The largest absolute Gasteiger partial charge is 0.493 e. The molecular weight excluding hydrogens is 565 g/mol. The van der Waals surface area contributed by atoms with Gasteiger partial charge in [0.05, 0.1) is 38.1 Å². The van der Waals surface area contributed by atoms with Gasteiger partial charge in [-0.15, -0.1) is 0 Å². The van der Waals surface area contributed by atoms with Gasteiger partial charge in [-0.1, -0.05) is 12.1 Å². The van der Waals surface area contributed by atoms with Crippen LogP contribution in [0.2, 0.25) is 0 Å². The molecule has 2 N–H and O–H groups in total. The van der Waals surface area contributed by atoms with E-state index in [2.05, 4.69) is 38.4 Å². The molecule has 0 bridgehead atoms. The summed E-state index contributed by atoms with van der Waals surface area (Å²) in [4.78, 5) is 36.5. The monoisotopic (exact) mass is 587 g/mol. The van der Waals surface area contributed by atoms with Gasteiger partial charge in [0.25, 0.3) is 11.8 Å². The molecule has 2 amide bonds. The number of ether oxygens (including phenoxy) is 3. The fraction of sp³-hybridized carbons (Fsp3) is 0.120. The first-order chi connectivity index (χ1) is 16.9. The number of nitrogens with zero attached hydrogens (tertiary/aromatic N) is 1. The number of methoxy groups -OCH3 is 2. The van der Waals surface area contributed by atoms with Crippen molar-refractivity contribution in [3.05, 3.63) is 87.0 Å². The average Bonchev–Trinajstić information content (AvgIpc) is 2.88. The van der Waals surface area contributed by atoms with Crippen LogP contribution in [0.3, 0.4) is 0 Å². The first-order valence-corrected chi connectivity index (χ1v) is 11.4. The quantitative estimate of drug-likeness (QED) is 0.130. The Bertz CT molecular complexity index is 1240. The van der Waals surface area contributed by atoms with E-state index in [1.165, 1.54) is 26.5 Å². The number of hydrogen-bond acceptors (Lipinski definition) is 7. The maximum atomic E-state index is 12.4. The van der Waals surface area contributed by atoms with Gasteiger partial charge in [0.2, 0.25) is 0 Å². The van der Waals surface area contributed by atoms with E-state index in [0.717, 1.165) is 3.57 Å². The number of amides is 2. The zero-order chi connectivity index (χ0) is 25.2. The number of carbonyl (C=O) groups excluding carboxylic acids is 3. The Hall–Kier alpha value is -3.93. The van der Waals surface area contributed by atoms with Gasteiger partial charge in [0, 0.05) is 3.57 Å². The van der Waals surface area contributed by atoms with Crippen molar-refractivity contribution in [1.82, 2.24) is 10.7 Å². The van der Waals surface area contributed by atoms with Crippen molar-refractivity contribution < 1.29 is 28.6 Å². The minimum absolute atomic E-state index is 0.216. The molecular formula is C25H22IN3O6. The first-order valence-electron chi connectivity index (χ1n) is 10.3. The summed E-state index contributed by atoms with van der Waals surface area (Å²) in [6.07, 6.45) is 1.43. The molecule has 0 saturated carbocycles. The van der Waals surface area contributed by atoms with Gasteiger partial charge in [-0.3, -0.25) is 9.59 Å². The highest BCUT2D eigenvalue weighted by atomic mass is 127. The lowest BCUT2D eigenvalue weighted by Crippen LogP contribution is -2.35. The molecule has 35 heavy (non-hydrogen) atoms. The number of carbonyl (C=O) groups is 3. The van der Waals surface area contributed by atoms with Crippen LogP contribution in [0, 0.1) is 3.57 Å². The van der Waals surface area contributed by atoms with Gasteiger partial charge in [0.15, 0.2) is 11.5 Å². The lowest BCUT2D eigenvalue weighted by molar-refractivity contribution is -0.120. The molecule has 3 rings (SSSR count). The maximum Gasteiger partial charge on any atom is 0.343 e. The summed E-state index contributed by atoms with van der Waals surface area (Å²) in [5.74, 6) is -0.0949. The van der Waals surface area contributed by atoms with E-state index in [4.69, 9.17) is 14.2 Å². The molecule has 10 heteroatoms. The molecule has 9 nitrogen and oxygen atoms in total. The first kappa shape index (κ1) is 25.7. The fourth-order valence-electron chi connectivity index (χ4n) is 2.87. The second kappa shape index (κ2) is 12.5. The number of hydrazone groups is 1. The summed E-state index contributed by atoms with van der Waals surface area (Å²) in [7, 11) is 2.99. The smallest absolute Gasteiger partial charge is 0.343 e. The molecule has 3 aromatic carbocycles. The Morgan fingerprint density at radius 1 is 0.943 bits per heavy atom. The highest BCUT2D eigenvalue weighted by molar-refractivity contribution is 14.1. The summed E-state index contributed by atoms with van der Waals surface area (Å²) in [5.41, 5.74) is 3.82. The number of halogens is 1. The lowest BCUT2D eigenvalue weighted by Gasteiger charge is -2.09. The predicted molar refractivity (Wildman–Crippen MR) is 138 cm³/mol. The Morgan fingerprint density at radius 2 is 1.66 bits per heavy atom. The zero-order valence-corrected chi connectivity index (χ0v) is 21.1. The van der Waals surface area contributed by atoms with E-state index in [9.17, 15) is 14.4 Å². The second-order valence-electron chi connectivity index (χ2n) is 6.98. The number of esters is 1. The van der Waals surface area contributed by atoms with Gasteiger partial charge in [0.1, 0.15) is 5.75 Å². The summed E-state index contributed by atoms with van der Waals surface area (Å²) in [5, 5.41) is 6.42. The molecule has 0 atom stereocenters. The SMILES string of the molecule is COc1ccc(C(=O)Oc2ccc(C=NNC(=O)CNC(=O)c3ccccc3I)cc2)cc1OC. The minimum atomic E-state index is -0.549. The molecule has 0 radical (unpaired) electrons. The third-order valence-electron chi connectivity index (χ3n) is 4.64. The molecule has 0 spiro atoms. The molecule has 0 heterocycles. The topological polar surface area (TPSA) is 115 Å². The summed E-state index contributed by atoms with van der Waals surface area (Å²) >= 11 is 2.06. The number of nitrogens with one attached hydrogen (secondary N) is 2. The molecule has 0 aliphatic rings. The van der Waals surface area contributed by atoms with E-state index in [1.54, 1.807) is 48.5 Å². The zero-order valence-electron chi connectivity index (χ0n) is 18.9. The summed E-state index contributed by atoms with van der Waals surface area (Å²) < 4.78 is 16.5. The molecule has 0 aliphatic heterocycles. The molecule has 0 aliphatic carbocycles. The van der Waals surface area contributed by atoms with Gasteiger partial charge < -0.3 is 19.5 Å². The van der Waals surface area contributed by atoms with Crippen molar-refractivity contribution in [1.29, 1.82) is 0 Å². The number of benzene rings is 3. The van der Waals surface area contributed by atoms with Crippen LogP contribution in [0.1, 0.15) is 26.3 Å². The second-order valence-corrected chi connectivity index (χ2v) is 8.15. The van der Waals surface area contributed by atoms with Crippen LogP contribution >= 0.6 is 22.6 Å². The third kappa shape index (κ3) is 7.27. The van der Waals surface area contributed by atoms with E-state index < -0.39 is 11.9 Å². The molecule has 0 saturated heterocycles. The van der Waals surface area contributed by atoms with Crippen LogP contribution < -0.4 is 25.0 Å². The normalized spacial score (nSPS) is 10.5. The van der Waals surface area contributed by atoms with Crippen molar-refractivity contribution in [2.75, 3.05) is 20.8 Å². The van der Waals surface area contributed by atoms with Crippen molar-refractivity contribution in [3.8, 4) is 17.2 Å². The Balaban J connectivity index is 1.48. The Kier molecular flexibility index (Phi) is 9.18. The van der Waals surface area contributed by atoms with E-state index >= 15 is 0 Å². The van der Waals surface area contributed by atoms with Crippen LogP contribution in [0.15, 0.2) is 71.8 Å². The minimum Gasteiger partial charge on any atom is -0.493 e. The van der Waals surface area contributed by atoms with Crippen LogP contribution in [0.25, 0.3) is 0 Å². The van der Waals surface area contributed by atoms with E-state index in [-0.39, 0.29) is 12.5 Å². The van der Waals surface area contributed by atoms with Crippen molar-refractivity contribution in [2.24, 2.45) is 5.10 Å². The highest BCUT2D eigenvalue weighted by Gasteiger charge is 2.13. The number of rotatable bonds is 9. The van der Waals surface area contributed by atoms with E-state index in [0.29, 0.717) is 33.9 Å². The molecule has 0 fully saturated rings. The van der Waals surface area contributed by atoms with Gasteiger partial charge in [-0.25, -0.2) is 10.2 Å². The summed E-state index contributed by atoms with van der Waals surface area (Å²) in [6.45, 7) is -0.216. The third-order valence-corrected chi connectivity index (χ3v) is 5.58. The highest BCUT2D eigenvalue weighted by Crippen LogP contribution is 2.28. The van der Waals surface area contributed by atoms with Crippen LogP contribution in [0.5, 0.6) is 17.2 Å². The van der Waals surface area contributed by atoms with Crippen LogP contribution in [0.4, 0.5) is 0 Å². The average molecular weight is 587 g/mol. The molecule has 180 valence electrons. The molecule has 3 aromatic rings. The lowest BCUT2D eigenvalue weighted by atomic mass is 10.2. The van der Waals surface area contributed by atoms with Gasteiger partial charge in [-0.05, 0) is 82.8 Å². The van der Waals surface area contributed by atoms with Crippen LogP contribution in [-0.4, -0.2) is 44.8 Å². The van der Waals surface area contributed by atoms with Gasteiger partial charge in [-0.2, -0.15) is 5.10 Å². The van der Waals surface area contributed by atoms with Crippen molar-refractivity contribution in [2.45, 2.75) is 0 Å². The Labute approximate surface area is 215 Å². The van der Waals surface area contributed by atoms with Crippen LogP contribution in [-0.2, 0) is 4.79 Å². The summed E-state index contributed by atoms with van der Waals surface area (Å²) in [6, 6.07) is 18.4. The molecule has 0 aromatic heterocycles. The van der Waals surface area contributed by atoms with Crippen molar-refractivity contribution in [3.63, 3.8) is 0 Å². The predicted octanol–water partition coefficient (Wildman–Crippen LogP) is 3.41.